The van der Waals surface area contributed by atoms with Crippen LogP contribution >= 0.6 is 0 Å². The summed E-state index contributed by atoms with van der Waals surface area (Å²) in [6.07, 6.45) is 21.1. The molecule has 3 aromatic carbocycles. The summed E-state index contributed by atoms with van der Waals surface area (Å²) in [6, 6.07) is 21.9. The van der Waals surface area contributed by atoms with Crippen LogP contribution in [0, 0.1) is 75.9 Å². The molecule has 19 heteroatoms. The zero-order chi connectivity index (χ0) is 66.6. The number of aliphatic imine (C=N–C) groups is 1. The van der Waals surface area contributed by atoms with Crippen LogP contribution in [0.1, 0.15) is 148 Å². The first-order valence-corrected chi connectivity index (χ1v) is 36.0. The summed E-state index contributed by atoms with van der Waals surface area (Å²) < 4.78 is 30.4. The Balaban J connectivity index is 0.866. The third-order valence-corrected chi connectivity index (χ3v) is 25.0. The van der Waals surface area contributed by atoms with Crippen molar-refractivity contribution >= 4 is 22.8 Å². The van der Waals surface area contributed by atoms with E-state index in [2.05, 4.69) is 121 Å². The van der Waals surface area contributed by atoms with Gasteiger partial charge in [-0.15, -0.1) is 5.92 Å². The largest absolute Gasteiger partial charge is 0.504 e. The summed E-state index contributed by atoms with van der Waals surface area (Å²) in [5.74, 6) is 15.1. The van der Waals surface area contributed by atoms with Crippen LogP contribution in [0.5, 0.6) is 28.7 Å². The zero-order valence-corrected chi connectivity index (χ0v) is 55.8. The lowest BCUT2D eigenvalue weighted by Crippen LogP contribution is -2.76. The number of benzene rings is 3. The molecule has 19 nitrogen and oxygen atoms in total. The molecule has 2 saturated heterocycles. The second kappa shape index (κ2) is 25.0. The number of nitrogens with zero attached hydrogens (tertiary/aromatic N) is 3. The fourth-order valence-corrected chi connectivity index (χ4v) is 20.9. The van der Waals surface area contributed by atoms with E-state index in [0.29, 0.717) is 87.0 Å². The van der Waals surface area contributed by atoms with E-state index in [1.807, 2.05) is 30.5 Å². The molecule has 3 aromatic heterocycles. The number of carbonyl (C=O) groups excluding carboxylic acids is 1. The summed E-state index contributed by atoms with van der Waals surface area (Å²) in [4.78, 5) is 27.2. The summed E-state index contributed by atoms with van der Waals surface area (Å²) in [7, 11) is 2.13. The Labute approximate surface area is 572 Å². The number of ether oxygens (including phenoxy) is 4. The van der Waals surface area contributed by atoms with Gasteiger partial charge < -0.3 is 75.9 Å². The molecule has 19 atom stereocenters. The number of H-pyrrole nitrogens is 1. The predicted molar refractivity (Wildman–Crippen MR) is 370 cm³/mol. The molecule has 9 heterocycles. The summed E-state index contributed by atoms with van der Waals surface area (Å²) in [6.45, 7) is 2.84. The smallest absolute Gasteiger partial charge is 0.302 e. The van der Waals surface area contributed by atoms with Crippen LogP contribution in [0.25, 0.3) is 10.9 Å². The first-order valence-electron chi connectivity index (χ1n) is 36.0. The Morgan fingerprint density at radius 1 is 0.969 bits per heavy atom. The lowest BCUT2D eigenvalue weighted by molar-refractivity contribution is -0.219. The van der Waals surface area contributed by atoms with Crippen LogP contribution in [-0.2, 0) is 33.5 Å². The van der Waals surface area contributed by atoms with Crippen LogP contribution in [-0.4, -0.2) is 110 Å². The normalized spacial score (nSPS) is 35.6. The Hall–Kier alpha value is -8.59. The van der Waals surface area contributed by atoms with Gasteiger partial charge in [-0.25, -0.2) is 0 Å². The second-order valence-electron chi connectivity index (χ2n) is 30.5. The molecule has 6 fully saturated rings. The summed E-state index contributed by atoms with van der Waals surface area (Å²) in [5.41, 5.74) is 13.1. The van der Waals surface area contributed by atoms with Gasteiger partial charge >= 0.3 is 5.97 Å². The number of rotatable bonds is 10. The molecule has 11 aliphatic rings. The van der Waals surface area contributed by atoms with Crippen molar-refractivity contribution in [2.75, 3.05) is 26.7 Å². The molecule has 19 unspecified atom stereocenters. The highest BCUT2D eigenvalue weighted by Crippen LogP contribution is 2.65. The van der Waals surface area contributed by atoms with E-state index in [0.717, 1.165) is 73.4 Å². The number of aliphatic hydroxyl groups is 1. The van der Waals surface area contributed by atoms with E-state index in [-0.39, 0.29) is 83.1 Å². The Bertz CT molecular complexity index is 4280. The number of guanidine groups is 1. The highest BCUT2D eigenvalue weighted by atomic mass is 16.6. The first-order chi connectivity index (χ1) is 47.7. The van der Waals surface area contributed by atoms with Gasteiger partial charge in [-0.2, -0.15) is 0 Å². The number of allylic oxidation sites excluding steroid dienone is 2. The van der Waals surface area contributed by atoms with Crippen molar-refractivity contribution < 1.29 is 44.2 Å². The van der Waals surface area contributed by atoms with Crippen molar-refractivity contribution in [1.82, 2.24) is 41.1 Å². The molecule has 98 heavy (non-hydrogen) atoms. The van der Waals surface area contributed by atoms with Crippen LogP contribution in [0.2, 0.25) is 0 Å². The van der Waals surface area contributed by atoms with Crippen molar-refractivity contribution in [1.29, 1.82) is 0 Å². The third kappa shape index (κ3) is 10.9. The number of nitrogens with two attached hydrogens (primary N) is 1. The van der Waals surface area contributed by atoms with Gasteiger partial charge in [-0.05, 0) is 182 Å². The van der Waals surface area contributed by atoms with Gasteiger partial charge in [0.1, 0.15) is 24.6 Å². The van der Waals surface area contributed by atoms with Crippen LogP contribution in [0.15, 0.2) is 126 Å². The topological polar surface area (TPSA) is 267 Å². The van der Waals surface area contributed by atoms with Crippen LogP contribution < -0.4 is 41.8 Å². The van der Waals surface area contributed by atoms with Gasteiger partial charge in [0.05, 0.1) is 47.5 Å². The number of pyridine rings is 1. The molecule has 510 valence electrons. The molecular weight excluding hydrogens is 1230 g/mol. The van der Waals surface area contributed by atoms with Gasteiger partial charge in [-0.1, -0.05) is 67.0 Å². The SMILES string of the molecule is CNC1c2c3cccc2C2CCC(CC4=CCNC(N)=C4)(CN=C4NC(n5cc6cc[nH]c6c5)C5C(O)NC6CCCCC6C#CCC67Cc8ccc(O)c(c8)OC8CC(C3)CC5(N4)C8C#CC6CCC3C(OC(C)=O)CC(c4cc(O)c(O)c(OCCc5cccnc5)c4)OC37)C21. The molecule has 0 radical (unpaired) electrons. The maximum Gasteiger partial charge on any atom is 0.302 e. The standard InChI is InChI=1S/C79H90N10O9/c1-44(90)96-63-36-62(52-34-61(92)72(93)66(35-52)95-29-23-45-8-7-26-82-40-45)98-73-56(63)17-15-53-16-18-57-64-32-48-30-50-10-5-12-54-55-20-25-77(69(55)71(81-2)68(50)54,37-47-21-27-84-67(80)33-47)43-85-76-87-74(89-41-51-22-28-83-59(51)42-89)70(79(57,39-48)88-76)75(94)86-58-13-4-3-9-49(58)11-6-24-78(53,73)38-46-14-19-60(91)65(31-46)97-64/h5,7-8,10,12,14,19,21-22,26,28,31,33-35,40-42,48-49,53,55-58,62-64,69-71,73-75,81,83-84,86,91-94H,3-4,9,13,15,17,20,23-25,27,29-30,32,36-39,43,80H2,1-2H3,(H2,85,87,88). The van der Waals surface area contributed by atoms with Gasteiger partial charge in [0.15, 0.2) is 29.0 Å². The van der Waals surface area contributed by atoms with Crippen molar-refractivity contribution in [3.8, 4) is 52.4 Å². The van der Waals surface area contributed by atoms with E-state index in [9.17, 15) is 25.2 Å². The average Bonchev–Trinajstić information content (AvgIpc) is 1.34. The number of aliphatic hydroxyl groups excluding tert-OH is 1. The molecule has 6 aromatic rings. The van der Waals surface area contributed by atoms with E-state index in [4.69, 9.17) is 29.7 Å². The average molecular weight is 1320 g/mol. The highest BCUT2D eigenvalue weighted by molar-refractivity contribution is 5.83. The minimum absolute atomic E-state index is 0.00857. The monoisotopic (exact) mass is 1320 g/mol. The van der Waals surface area contributed by atoms with Gasteiger partial charge in [-0.3, -0.25) is 20.1 Å². The summed E-state index contributed by atoms with van der Waals surface area (Å²) >= 11 is 0. The molecule has 9 bridgehead atoms. The van der Waals surface area contributed by atoms with Crippen molar-refractivity contribution in [2.45, 2.75) is 170 Å². The molecule has 5 aliphatic carbocycles. The molecular formula is C79H90N10O9. The molecule has 1 spiro atoms. The zero-order valence-electron chi connectivity index (χ0n) is 55.8. The highest BCUT2D eigenvalue weighted by Gasteiger charge is 2.64. The molecule has 6 aliphatic heterocycles. The van der Waals surface area contributed by atoms with Crippen molar-refractivity contribution in [3.05, 3.63) is 155 Å². The van der Waals surface area contributed by atoms with Crippen molar-refractivity contribution in [3.63, 3.8) is 0 Å². The number of esters is 1. The Morgan fingerprint density at radius 2 is 1.88 bits per heavy atom. The van der Waals surface area contributed by atoms with Crippen molar-refractivity contribution in [2.24, 2.45) is 63.0 Å². The van der Waals surface area contributed by atoms with Gasteiger partial charge in [0.25, 0.3) is 0 Å². The number of aromatic amines is 1. The molecule has 12 N–H and O–H groups in total. The molecule has 4 saturated carbocycles. The lowest BCUT2D eigenvalue weighted by Gasteiger charge is -2.59. The fraction of sp³-hybridized carbons (Fsp3) is 0.506. The van der Waals surface area contributed by atoms with Crippen LogP contribution in [0.4, 0.5) is 0 Å². The number of aromatic nitrogens is 3. The number of carbonyl (C=O) groups is 1. The molecule has 17 rings (SSSR count). The van der Waals surface area contributed by atoms with Gasteiger partial charge in [0, 0.05) is 111 Å². The Kier molecular flexibility index (Phi) is 16.0. The van der Waals surface area contributed by atoms with E-state index < -0.39 is 65.6 Å². The predicted octanol–water partition coefficient (Wildman–Crippen LogP) is 9.62. The quantitative estimate of drug-likeness (QED) is 0.0346. The maximum atomic E-state index is 14.1. The number of aromatic hydroxyl groups is 3. The number of hydrogen-bond donors (Lipinski definition) is 11. The van der Waals surface area contributed by atoms with Gasteiger partial charge in [0.2, 0.25) is 5.75 Å². The Morgan fingerprint density at radius 3 is 2.73 bits per heavy atom. The number of nitrogens with one attached hydrogen (secondary N) is 6. The maximum absolute atomic E-state index is 14.1. The minimum atomic E-state index is -1.11. The lowest BCUT2D eigenvalue weighted by atomic mass is 9.55. The van der Waals surface area contributed by atoms with E-state index >= 15 is 0 Å². The fourth-order valence-electron chi connectivity index (χ4n) is 20.9. The third-order valence-electron chi connectivity index (χ3n) is 25.0. The van der Waals surface area contributed by atoms with Crippen LogP contribution in [0.3, 0.4) is 0 Å². The van der Waals surface area contributed by atoms with E-state index in [1.54, 1.807) is 24.5 Å². The first kappa shape index (κ1) is 62.9. The second-order valence-corrected chi connectivity index (χ2v) is 30.5. The number of hydrogen-bond acceptors (Lipinski definition) is 17. The molecule has 0 amide bonds. The number of fused-ring (bicyclic) bond motifs is 8. The van der Waals surface area contributed by atoms with E-state index in [1.165, 1.54) is 35.3 Å². The minimum Gasteiger partial charge on any atom is -0.504 e. The number of phenolic OH excluding ortho intramolecular Hbond substituents is 3. The number of phenols is 3. The number of dihydropyridines is 1. The summed E-state index contributed by atoms with van der Waals surface area (Å²) in [5, 5.41) is 70.1.